The van der Waals surface area contributed by atoms with Gasteiger partial charge in [0.1, 0.15) is 5.69 Å². The van der Waals surface area contributed by atoms with Gasteiger partial charge in [-0.25, -0.2) is 9.67 Å². The van der Waals surface area contributed by atoms with E-state index in [1.54, 1.807) is 26.1 Å². The highest BCUT2D eigenvalue weighted by molar-refractivity contribution is 5.99. The van der Waals surface area contributed by atoms with Crippen molar-refractivity contribution in [3.63, 3.8) is 0 Å². The minimum absolute atomic E-state index is 0.0792. The first-order valence-electron chi connectivity index (χ1n) is 8.95. The molecule has 2 heterocycles. The minimum atomic E-state index is -4.44. The lowest BCUT2D eigenvalue weighted by Crippen LogP contribution is -2.19. The Morgan fingerprint density at radius 1 is 1.33 bits per heavy atom. The fourth-order valence-corrected chi connectivity index (χ4v) is 2.95. The van der Waals surface area contributed by atoms with Crippen LogP contribution in [-0.2, 0) is 12.8 Å². The van der Waals surface area contributed by atoms with E-state index in [2.05, 4.69) is 15.4 Å². The lowest BCUT2D eigenvalue weighted by molar-refractivity contribution is -0.137. The summed E-state index contributed by atoms with van der Waals surface area (Å²) < 4.78 is 45.3. The number of amidine groups is 1. The monoisotopic (exact) mass is 420 g/mol. The number of furan rings is 1. The average molecular weight is 420 g/mol. The third-order valence-corrected chi connectivity index (χ3v) is 4.56. The summed E-state index contributed by atoms with van der Waals surface area (Å²) in [4.78, 5) is 16.1. The Morgan fingerprint density at radius 3 is 2.53 bits per heavy atom. The van der Waals surface area contributed by atoms with Crippen molar-refractivity contribution in [2.45, 2.75) is 25.7 Å². The maximum Gasteiger partial charge on any atom is 0.416 e. The average Bonchev–Trinajstić information content (AvgIpc) is 3.38. The molecule has 0 bridgehead atoms. The van der Waals surface area contributed by atoms with E-state index in [1.807, 2.05) is 0 Å². The smallest absolute Gasteiger partial charge is 0.416 e. The van der Waals surface area contributed by atoms with Gasteiger partial charge in [-0.15, -0.1) is 0 Å². The third-order valence-electron chi connectivity index (χ3n) is 4.56. The maximum absolute atomic E-state index is 12.9. The van der Waals surface area contributed by atoms with Crippen molar-refractivity contribution >= 4 is 17.9 Å². The number of hydrogen-bond donors (Lipinski definition) is 2. The fourth-order valence-electron chi connectivity index (χ4n) is 2.95. The van der Waals surface area contributed by atoms with Crippen LogP contribution in [0.25, 0.3) is 0 Å². The minimum Gasteiger partial charge on any atom is -0.461 e. The molecule has 0 spiro atoms. The molecule has 0 fully saturated rings. The molecule has 0 saturated carbocycles. The number of rotatable bonds is 6. The van der Waals surface area contributed by atoms with Crippen molar-refractivity contribution < 1.29 is 27.5 Å². The molecule has 30 heavy (non-hydrogen) atoms. The van der Waals surface area contributed by atoms with Crippen LogP contribution >= 0.6 is 0 Å². The van der Waals surface area contributed by atoms with Crippen LogP contribution in [0.3, 0.4) is 0 Å². The molecule has 0 amide bonds. The largest absolute Gasteiger partial charge is 0.461 e. The molecule has 1 unspecified atom stereocenters. The van der Waals surface area contributed by atoms with E-state index in [1.165, 1.54) is 23.1 Å². The number of benzene rings is 1. The zero-order chi connectivity index (χ0) is 21.9. The molecule has 158 valence electrons. The number of aromatic nitrogens is 2. The van der Waals surface area contributed by atoms with Gasteiger partial charge in [-0.05, 0) is 36.8 Å². The predicted molar refractivity (Wildman–Crippen MR) is 103 cm³/mol. The van der Waals surface area contributed by atoms with Crippen LogP contribution in [0.2, 0.25) is 0 Å². The van der Waals surface area contributed by atoms with Crippen molar-refractivity contribution in [1.29, 1.82) is 0 Å². The normalized spacial score (nSPS) is 13.3. The number of aldehydes is 1. The summed E-state index contributed by atoms with van der Waals surface area (Å²) in [5.74, 6) is 0.866. The highest BCUT2D eigenvalue weighted by Gasteiger charge is 2.30. The van der Waals surface area contributed by atoms with Gasteiger partial charge < -0.3 is 14.8 Å². The van der Waals surface area contributed by atoms with Gasteiger partial charge in [-0.3, -0.25) is 4.79 Å². The van der Waals surface area contributed by atoms with E-state index >= 15 is 0 Å². The van der Waals surface area contributed by atoms with Gasteiger partial charge in [0.05, 0.1) is 30.0 Å². The van der Waals surface area contributed by atoms with Crippen molar-refractivity contribution in [1.82, 2.24) is 15.1 Å². The van der Waals surface area contributed by atoms with Gasteiger partial charge in [0.2, 0.25) is 0 Å². The lowest BCUT2D eigenvalue weighted by Gasteiger charge is -2.16. The summed E-state index contributed by atoms with van der Waals surface area (Å²) in [6.07, 6.45) is -2.45. The number of aliphatic hydroxyl groups excluding tert-OH is 1. The highest BCUT2D eigenvalue weighted by Crippen LogP contribution is 2.32. The van der Waals surface area contributed by atoms with Gasteiger partial charge in [0.15, 0.2) is 23.7 Å². The quantitative estimate of drug-likeness (QED) is 0.360. The molecule has 0 aliphatic rings. The summed E-state index contributed by atoms with van der Waals surface area (Å²) in [5.41, 5.74) is -0.0575. The number of nitrogens with zero attached hydrogens (tertiary/aromatic N) is 3. The first-order valence-corrected chi connectivity index (χ1v) is 8.95. The second kappa shape index (κ2) is 8.54. The SMILES string of the molecule is CN/C(=N\c1c(C=O)c(CO)nn1C(C)c1ccc(C(F)(F)F)cc1)c1ccco1. The zero-order valence-corrected chi connectivity index (χ0v) is 16.1. The number of alkyl halides is 3. The van der Waals surface area contributed by atoms with Gasteiger partial charge >= 0.3 is 6.18 Å². The summed E-state index contributed by atoms with van der Waals surface area (Å²) in [6, 6.07) is 7.41. The van der Waals surface area contributed by atoms with E-state index in [0.717, 1.165) is 12.1 Å². The van der Waals surface area contributed by atoms with Crippen molar-refractivity contribution in [3.8, 4) is 0 Å². The number of nitrogens with one attached hydrogen (secondary N) is 1. The second-order valence-electron chi connectivity index (χ2n) is 6.39. The molecule has 3 aromatic rings. The van der Waals surface area contributed by atoms with E-state index in [4.69, 9.17) is 4.42 Å². The van der Waals surface area contributed by atoms with Gasteiger partial charge in [0.25, 0.3) is 0 Å². The maximum atomic E-state index is 12.9. The molecule has 0 aliphatic heterocycles. The van der Waals surface area contributed by atoms with Gasteiger partial charge in [-0.1, -0.05) is 12.1 Å². The molecule has 0 radical (unpaired) electrons. The number of aliphatic hydroxyl groups is 1. The Hall–Kier alpha value is -3.40. The molecular weight excluding hydrogens is 401 g/mol. The van der Waals surface area contributed by atoms with Crippen molar-refractivity contribution in [3.05, 3.63) is 70.8 Å². The van der Waals surface area contributed by atoms with Crippen LogP contribution in [0, 0.1) is 0 Å². The third kappa shape index (κ3) is 4.13. The van der Waals surface area contributed by atoms with Gasteiger partial charge in [-0.2, -0.15) is 18.3 Å². The lowest BCUT2D eigenvalue weighted by atomic mass is 10.1. The van der Waals surface area contributed by atoms with E-state index < -0.39 is 24.4 Å². The molecule has 3 rings (SSSR count). The number of hydrogen-bond acceptors (Lipinski definition) is 5. The Kier molecular flexibility index (Phi) is 6.06. The second-order valence-corrected chi connectivity index (χ2v) is 6.39. The Labute approximate surface area is 169 Å². The van der Waals surface area contributed by atoms with Gasteiger partial charge in [0, 0.05) is 7.05 Å². The van der Waals surface area contributed by atoms with Crippen molar-refractivity contribution in [2.75, 3.05) is 7.05 Å². The van der Waals surface area contributed by atoms with Crippen LogP contribution in [0.1, 0.15) is 45.9 Å². The molecule has 2 aromatic heterocycles. The zero-order valence-electron chi connectivity index (χ0n) is 16.1. The summed E-state index contributed by atoms with van der Waals surface area (Å²) in [6.45, 7) is 1.20. The summed E-state index contributed by atoms with van der Waals surface area (Å²) >= 11 is 0. The molecule has 1 aromatic carbocycles. The highest BCUT2D eigenvalue weighted by atomic mass is 19.4. The van der Waals surface area contributed by atoms with Crippen LogP contribution in [-0.4, -0.2) is 34.1 Å². The van der Waals surface area contributed by atoms with Crippen LogP contribution in [0.5, 0.6) is 0 Å². The number of halogens is 3. The Bertz CT molecular complexity index is 1040. The van der Waals surface area contributed by atoms with Crippen molar-refractivity contribution in [2.24, 2.45) is 4.99 Å². The molecular formula is C20H19F3N4O3. The molecule has 1 atom stereocenters. The Balaban J connectivity index is 2.10. The molecule has 7 nitrogen and oxygen atoms in total. The molecule has 10 heteroatoms. The van der Waals surface area contributed by atoms with Crippen LogP contribution in [0.15, 0.2) is 52.1 Å². The summed E-state index contributed by atoms with van der Waals surface area (Å²) in [7, 11) is 1.62. The molecule has 0 aliphatic carbocycles. The predicted octanol–water partition coefficient (Wildman–Crippen LogP) is 3.71. The van der Waals surface area contributed by atoms with E-state index in [-0.39, 0.29) is 17.1 Å². The topological polar surface area (TPSA) is 92.6 Å². The first-order chi connectivity index (χ1) is 14.3. The number of aliphatic imine (C=N–C) groups is 1. The fraction of sp³-hybridized carbons (Fsp3) is 0.250. The van der Waals surface area contributed by atoms with E-state index in [9.17, 15) is 23.1 Å². The summed E-state index contributed by atoms with van der Waals surface area (Å²) in [5, 5.41) is 16.7. The van der Waals surface area contributed by atoms with Crippen LogP contribution in [0.4, 0.5) is 19.0 Å². The van der Waals surface area contributed by atoms with E-state index in [0.29, 0.717) is 23.4 Å². The standard InChI is InChI=1S/C20H19F3N4O3/c1-12(13-5-7-14(8-6-13)20(21,22)23)27-19(15(10-28)16(11-29)26-27)25-18(24-2)17-4-3-9-30-17/h3-10,12,29H,11H2,1-2H3,(H,24,25). The molecule has 0 saturated heterocycles. The number of carbonyl (C=O) groups excluding carboxylic acids is 1. The molecule has 2 N–H and O–H groups in total. The number of carbonyl (C=O) groups is 1. The van der Waals surface area contributed by atoms with Crippen LogP contribution < -0.4 is 5.32 Å². The first kappa shape index (κ1) is 21.3. The Morgan fingerprint density at radius 2 is 2.03 bits per heavy atom.